The van der Waals surface area contributed by atoms with Gasteiger partial charge in [-0.15, -0.1) is 0 Å². The maximum absolute atomic E-state index is 6.06. The third-order valence-corrected chi connectivity index (χ3v) is 3.03. The van der Waals surface area contributed by atoms with E-state index >= 15 is 0 Å². The predicted molar refractivity (Wildman–Crippen MR) is 76.0 cm³/mol. The Balaban J connectivity index is 2.07. The van der Waals surface area contributed by atoms with Gasteiger partial charge in [-0.3, -0.25) is 10.5 Å². The lowest BCUT2D eigenvalue weighted by molar-refractivity contribution is 0.469. The molecule has 0 fully saturated rings. The number of nitrogens with two attached hydrogens (primary N) is 1. The lowest BCUT2D eigenvalue weighted by atomic mass is 10.3. The minimum absolute atomic E-state index is 0.196. The SMILES string of the molecule is NNc1nc(Oc2ccc(Cl)cc2Cl)c2cn[nH]c2n1. The van der Waals surface area contributed by atoms with Crippen molar-refractivity contribution in [2.24, 2.45) is 5.84 Å². The van der Waals surface area contributed by atoms with Crippen molar-refractivity contribution in [3.05, 3.63) is 34.4 Å². The number of nitrogens with one attached hydrogen (secondary N) is 2. The molecule has 4 N–H and O–H groups in total. The van der Waals surface area contributed by atoms with E-state index in [-0.39, 0.29) is 11.8 Å². The smallest absolute Gasteiger partial charge is 0.242 e. The van der Waals surface area contributed by atoms with Gasteiger partial charge in [0.2, 0.25) is 11.8 Å². The van der Waals surface area contributed by atoms with Crippen LogP contribution >= 0.6 is 23.2 Å². The summed E-state index contributed by atoms with van der Waals surface area (Å²) in [5.41, 5.74) is 2.85. The average molecular weight is 311 g/mol. The number of aromatic nitrogens is 4. The molecule has 20 heavy (non-hydrogen) atoms. The van der Waals surface area contributed by atoms with Crippen molar-refractivity contribution in [3.63, 3.8) is 0 Å². The van der Waals surface area contributed by atoms with Crippen LogP contribution in [0.2, 0.25) is 10.0 Å². The Labute approximate surface area is 123 Å². The molecule has 0 aliphatic heterocycles. The Morgan fingerprint density at radius 1 is 1.25 bits per heavy atom. The number of benzene rings is 1. The van der Waals surface area contributed by atoms with Crippen molar-refractivity contribution in [1.82, 2.24) is 20.2 Å². The lowest BCUT2D eigenvalue weighted by Crippen LogP contribution is -2.10. The van der Waals surface area contributed by atoms with Crippen LogP contribution in [0, 0.1) is 0 Å². The Morgan fingerprint density at radius 3 is 2.85 bits per heavy atom. The third-order valence-electron chi connectivity index (χ3n) is 2.50. The van der Waals surface area contributed by atoms with Gasteiger partial charge in [0.15, 0.2) is 5.65 Å². The molecule has 0 saturated carbocycles. The number of hydrazine groups is 1. The van der Waals surface area contributed by atoms with Gasteiger partial charge in [0.05, 0.1) is 11.2 Å². The second-order valence-corrected chi connectivity index (χ2v) is 4.65. The second-order valence-electron chi connectivity index (χ2n) is 3.81. The number of anilines is 1. The Bertz CT molecular complexity index is 775. The van der Waals surface area contributed by atoms with Crippen molar-refractivity contribution in [3.8, 4) is 11.6 Å². The maximum Gasteiger partial charge on any atom is 0.242 e. The summed E-state index contributed by atoms with van der Waals surface area (Å²) in [7, 11) is 0. The van der Waals surface area contributed by atoms with Crippen molar-refractivity contribution >= 4 is 40.2 Å². The number of hydrogen-bond donors (Lipinski definition) is 3. The average Bonchev–Trinajstić information content (AvgIpc) is 2.90. The molecule has 3 aromatic rings. The number of rotatable bonds is 3. The van der Waals surface area contributed by atoms with Crippen molar-refractivity contribution < 1.29 is 4.74 Å². The van der Waals surface area contributed by atoms with Gasteiger partial charge in [0.1, 0.15) is 11.1 Å². The molecular formula is C11H8Cl2N6O. The van der Waals surface area contributed by atoms with E-state index in [1.54, 1.807) is 24.4 Å². The molecule has 0 unspecified atom stereocenters. The zero-order valence-electron chi connectivity index (χ0n) is 9.89. The minimum Gasteiger partial charge on any atom is -0.436 e. The van der Waals surface area contributed by atoms with E-state index < -0.39 is 0 Å². The van der Waals surface area contributed by atoms with Crippen LogP contribution in [0.4, 0.5) is 5.95 Å². The molecule has 1 aromatic carbocycles. The largest absolute Gasteiger partial charge is 0.436 e. The highest BCUT2D eigenvalue weighted by atomic mass is 35.5. The number of nitrogen functional groups attached to an aromatic ring is 1. The number of fused-ring (bicyclic) bond motifs is 1. The fourth-order valence-corrected chi connectivity index (χ4v) is 2.06. The topological polar surface area (TPSA) is 102 Å². The summed E-state index contributed by atoms with van der Waals surface area (Å²) in [4.78, 5) is 8.22. The molecule has 0 spiro atoms. The molecule has 0 radical (unpaired) electrons. The number of halogens is 2. The van der Waals surface area contributed by atoms with Gasteiger partial charge in [-0.05, 0) is 18.2 Å². The molecule has 0 aliphatic carbocycles. The van der Waals surface area contributed by atoms with Gasteiger partial charge in [-0.2, -0.15) is 15.1 Å². The molecule has 3 rings (SSSR count). The number of aromatic amines is 1. The van der Waals surface area contributed by atoms with E-state index in [1.165, 1.54) is 0 Å². The quantitative estimate of drug-likeness (QED) is 0.508. The van der Waals surface area contributed by atoms with Crippen LogP contribution < -0.4 is 16.0 Å². The first-order valence-corrected chi connectivity index (χ1v) is 6.23. The lowest BCUT2D eigenvalue weighted by Gasteiger charge is -2.08. The van der Waals surface area contributed by atoms with Gasteiger partial charge >= 0.3 is 0 Å². The van der Waals surface area contributed by atoms with Crippen LogP contribution in [0.1, 0.15) is 0 Å². The highest BCUT2D eigenvalue weighted by Gasteiger charge is 2.13. The first-order chi connectivity index (χ1) is 9.67. The third kappa shape index (κ3) is 2.34. The zero-order valence-corrected chi connectivity index (χ0v) is 11.4. The molecule has 0 bridgehead atoms. The fraction of sp³-hybridized carbons (Fsp3) is 0. The minimum atomic E-state index is 0.196. The molecule has 0 saturated heterocycles. The summed E-state index contributed by atoms with van der Waals surface area (Å²) in [5, 5.41) is 8.09. The Hall–Kier alpha value is -2.09. The normalized spacial score (nSPS) is 10.8. The van der Waals surface area contributed by atoms with Crippen molar-refractivity contribution in [2.45, 2.75) is 0 Å². The molecule has 9 heteroatoms. The summed E-state index contributed by atoms with van der Waals surface area (Å²) in [5.74, 6) is 6.20. The molecule has 102 valence electrons. The van der Waals surface area contributed by atoms with Crippen LogP contribution in [0.5, 0.6) is 11.6 Å². The summed E-state index contributed by atoms with van der Waals surface area (Å²) in [6.07, 6.45) is 1.55. The van der Waals surface area contributed by atoms with Gasteiger partial charge in [-0.25, -0.2) is 5.84 Å². The monoisotopic (exact) mass is 310 g/mol. The number of hydrogen-bond acceptors (Lipinski definition) is 6. The summed E-state index contributed by atoms with van der Waals surface area (Å²) < 4.78 is 5.68. The highest BCUT2D eigenvalue weighted by Crippen LogP contribution is 2.33. The number of H-pyrrole nitrogens is 1. The van der Waals surface area contributed by atoms with Crippen LogP contribution in [0.3, 0.4) is 0 Å². The predicted octanol–water partition coefficient (Wildman–Crippen LogP) is 2.74. The first-order valence-electron chi connectivity index (χ1n) is 5.48. The van der Waals surface area contributed by atoms with E-state index in [4.69, 9.17) is 33.8 Å². The molecule has 2 heterocycles. The number of nitrogens with zero attached hydrogens (tertiary/aromatic N) is 3. The Kier molecular flexibility index (Phi) is 3.31. The molecular weight excluding hydrogens is 303 g/mol. The summed E-state index contributed by atoms with van der Waals surface area (Å²) in [6, 6.07) is 4.89. The zero-order chi connectivity index (χ0) is 14.1. The molecule has 0 aliphatic rings. The van der Waals surface area contributed by atoms with E-state index in [0.717, 1.165) is 0 Å². The van der Waals surface area contributed by atoms with Crippen molar-refractivity contribution in [1.29, 1.82) is 0 Å². The summed E-state index contributed by atoms with van der Waals surface area (Å²) >= 11 is 11.9. The van der Waals surface area contributed by atoms with Crippen LogP contribution in [0.15, 0.2) is 24.4 Å². The molecule has 0 atom stereocenters. The molecule has 2 aromatic heterocycles. The van der Waals surface area contributed by atoms with Gasteiger partial charge in [0, 0.05) is 5.02 Å². The molecule has 0 amide bonds. The van der Waals surface area contributed by atoms with E-state index in [9.17, 15) is 0 Å². The van der Waals surface area contributed by atoms with Gasteiger partial charge in [0.25, 0.3) is 0 Å². The van der Waals surface area contributed by atoms with Gasteiger partial charge in [-0.1, -0.05) is 23.2 Å². The first kappa shape index (κ1) is 12.9. The van der Waals surface area contributed by atoms with Crippen LogP contribution in [-0.4, -0.2) is 20.2 Å². The summed E-state index contributed by atoms with van der Waals surface area (Å²) in [6.45, 7) is 0. The number of ether oxygens (including phenoxy) is 1. The fourth-order valence-electron chi connectivity index (χ4n) is 1.61. The van der Waals surface area contributed by atoms with E-state index in [0.29, 0.717) is 26.8 Å². The maximum atomic E-state index is 6.06. The van der Waals surface area contributed by atoms with Crippen molar-refractivity contribution in [2.75, 3.05) is 5.43 Å². The van der Waals surface area contributed by atoms with Crippen LogP contribution in [-0.2, 0) is 0 Å². The van der Waals surface area contributed by atoms with Crippen LogP contribution in [0.25, 0.3) is 11.0 Å². The Morgan fingerprint density at radius 2 is 2.10 bits per heavy atom. The van der Waals surface area contributed by atoms with Gasteiger partial charge < -0.3 is 4.74 Å². The van der Waals surface area contributed by atoms with E-state index in [2.05, 4.69) is 25.6 Å². The standard InChI is InChI=1S/C11H8Cl2N6O/c12-5-1-2-8(7(13)3-5)20-10-6-4-15-19-9(6)16-11(17-10)18-14/h1-4H,14H2,(H2,15,16,17,18,19). The van der Waals surface area contributed by atoms with E-state index in [1.807, 2.05) is 0 Å². The highest BCUT2D eigenvalue weighted by molar-refractivity contribution is 6.35. The molecule has 7 nitrogen and oxygen atoms in total. The second kappa shape index (κ2) is 5.12.